The van der Waals surface area contributed by atoms with Crippen LogP contribution >= 0.6 is 0 Å². The van der Waals surface area contributed by atoms with Gasteiger partial charge in [0.05, 0.1) is 27.7 Å². The number of ketones is 1. The van der Waals surface area contributed by atoms with Crippen LogP contribution in [-0.4, -0.2) is 15.3 Å². The lowest BCUT2D eigenvalue weighted by Gasteiger charge is -2.15. The molecular weight excluding hydrogens is 372 g/mol. The molecule has 0 atom stereocenters. The van der Waals surface area contributed by atoms with Gasteiger partial charge >= 0.3 is 0 Å². The standard InChI is InChI=1S/C26H16N2O2/c1-15-8-7-9-16-14-20-23(27-22(15)16)21-24(18-12-5-6-13-19(18)25(21)29)28(26(20)30)17-10-3-2-4-11-17/h2-14H,1H3. The van der Waals surface area contributed by atoms with E-state index in [1.807, 2.05) is 85.8 Å². The molecular formula is C26H16N2O2. The van der Waals surface area contributed by atoms with Crippen molar-refractivity contribution in [3.05, 3.63) is 106 Å². The van der Waals surface area contributed by atoms with E-state index in [0.29, 0.717) is 27.7 Å². The molecule has 0 bridgehead atoms. The maximum atomic E-state index is 13.7. The summed E-state index contributed by atoms with van der Waals surface area (Å²) < 4.78 is 1.66. The first-order chi connectivity index (χ1) is 14.6. The highest BCUT2D eigenvalue weighted by molar-refractivity contribution is 6.26. The zero-order valence-electron chi connectivity index (χ0n) is 16.2. The first kappa shape index (κ1) is 16.9. The second-order valence-corrected chi connectivity index (χ2v) is 7.61. The number of para-hydroxylation sites is 2. The number of aryl methyl sites for hydroxylation is 1. The third kappa shape index (κ3) is 2.13. The van der Waals surface area contributed by atoms with Crippen LogP contribution in [0.3, 0.4) is 0 Å². The van der Waals surface area contributed by atoms with Crippen molar-refractivity contribution >= 4 is 27.6 Å². The van der Waals surface area contributed by atoms with E-state index in [0.717, 1.165) is 27.7 Å². The van der Waals surface area contributed by atoms with Crippen molar-refractivity contribution in [2.45, 2.75) is 6.92 Å². The number of nitrogens with zero attached hydrogens (tertiary/aromatic N) is 2. The van der Waals surface area contributed by atoms with Crippen LogP contribution < -0.4 is 5.56 Å². The van der Waals surface area contributed by atoms with Crippen molar-refractivity contribution < 1.29 is 4.79 Å². The van der Waals surface area contributed by atoms with E-state index in [1.165, 1.54) is 0 Å². The number of carbonyl (C=O) groups excluding carboxylic acids is 1. The van der Waals surface area contributed by atoms with Gasteiger partial charge in [-0.1, -0.05) is 60.7 Å². The number of hydrogen-bond acceptors (Lipinski definition) is 3. The Hall–Kier alpha value is -4.05. The van der Waals surface area contributed by atoms with E-state index in [4.69, 9.17) is 4.98 Å². The second-order valence-electron chi connectivity index (χ2n) is 7.61. The molecule has 3 aromatic carbocycles. The molecule has 0 spiro atoms. The quantitative estimate of drug-likeness (QED) is 0.370. The number of carbonyl (C=O) groups is 1. The lowest BCUT2D eigenvalue weighted by molar-refractivity contribution is 0.104. The minimum atomic E-state index is -0.171. The highest BCUT2D eigenvalue weighted by Crippen LogP contribution is 2.40. The molecule has 1 aliphatic carbocycles. The van der Waals surface area contributed by atoms with E-state index >= 15 is 0 Å². The number of rotatable bonds is 1. The number of hydrogen-bond donors (Lipinski definition) is 0. The Morgan fingerprint density at radius 3 is 2.30 bits per heavy atom. The monoisotopic (exact) mass is 388 g/mol. The minimum absolute atomic E-state index is 0.0873. The molecule has 0 saturated heterocycles. The normalized spacial score (nSPS) is 12.4. The Labute approximate surface area is 172 Å². The van der Waals surface area contributed by atoms with Crippen molar-refractivity contribution in [3.63, 3.8) is 0 Å². The van der Waals surface area contributed by atoms with E-state index in [9.17, 15) is 9.59 Å². The smallest absolute Gasteiger partial charge is 0.265 e. The Kier molecular flexibility index (Phi) is 3.36. The summed E-state index contributed by atoms with van der Waals surface area (Å²) in [5.74, 6) is -0.0873. The summed E-state index contributed by atoms with van der Waals surface area (Å²) in [6, 6.07) is 24.7. The van der Waals surface area contributed by atoms with Crippen LogP contribution in [0.1, 0.15) is 21.5 Å². The highest BCUT2D eigenvalue weighted by atomic mass is 16.1. The molecule has 142 valence electrons. The van der Waals surface area contributed by atoms with E-state index in [1.54, 1.807) is 4.57 Å². The fraction of sp³-hybridized carbons (Fsp3) is 0.0385. The van der Waals surface area contributed by atoms with Gasteiger partial charge in [0.1, 0.15) is 0 Å². The zero-order valence-corrected chi connectivity index (χ0v) is 16.2. The van der Waals surface area contributed by atoms with Crippen LogP contribution in [0.5, 0.6) is 0 Å². The van der Waals surface area contributed by atoms with Gasteiger partial charge < -0.3 is 0 Å². The number of benzene rings is 3. The summed E-state index contributed by atoms with van der Waals surface area (Å²) in [6.07, 6.45) is 0. The molecule has 1 aliphatic rings. The third-order valence-corrected chi connectivity index (χ3v) is 5.85. The van der Waals surface area contributed by atoms with Gasteiger partial charge in [-0.25, -0.2) is 4.98 Å². The van der Waals surface area contributed by atoms with Crippen molar-refractivity contribution in [3.8, 4) is 16.9 Å². The molecule has 0 fully saturated rings. The topological polar surface area (TPSA) is 52.0 Å². The van der Waals surface area contributed by atoms with Gasteiger partial charge in [-0.05, 0) is 30.7 Å². The fourth-order valence-electron chi connectivity index (χ4n) is 4.46. The molecule has 6 rings (SSSR count). The molecule has 0 N–H and O–H groups in total. The zero-order chi connectivity index (χ0) is 20.4. The summed E-state index contributed by atoms with van der Waals surface area (Å²) in [5.41, 5.74) is 5.36. The number of aromatic nitrogens is 2. The van der Waals surface area contributed by atoms with Crippen LogP contribution in [-0.2, 0) is 0 Å². The molecule has 2 aromatic heterocycles. The Morgan fingerprint density at radius 2 is 1.50 bits per heavy atom. The third-order valence-electron chi connectivity index (χ3n) is 5.85. The molecule has 30 heavy (non-hydrogen) atoms. The molecule has 0 aliphatic heterocycles. The number of fused-ring (bicyclic) bond motifs is 6. The van der Waals surface area contributed by atoms with Gasteiger partial charge in [0.2, 0.25) is 0 Å². The summed E-state index contributed by atoms with van der Waals surface area (Å²) in [5, 5.41) is 1.35. The van der Waals surface area contributed by atoms with Crippen LogP contribution in [0.25, 0.3) is 38.8 Å². The van der Waals surface area contributed by atoms with Gasteiger partial charge in [0.15, 0.2) is 5.78 Å². The average Bonchev–Trinajstić information content (AvgIpc) is 3.07. The highest BCUT2D eigenvalue weighted by Gasteiger charge is 2.33. The summed E-state index contributed by atoms with van der Waals surface area (Å²) >= 11 is 0. The predicted octanol–water partition coefficient (Wildman–Crippen LogP) is 5.06. The Bertz CT molecular complexity index is 1580. The Balaban J connectivity index is 1.88. The van der Waals surface area contributed by atoms with Crippen LogP contribution in [0.15, 0.2) is 83.7 Å². The molecule has 5 aromatic rings. The molecule has 0 unspecified atom stereocenters. The van der Waals surface area contributed by atoms with Gasteiger partial charge in [0, 0.05) is 22.2 Å². The van der Waals surface area contributed by atoms with Gasteiger partial charge in [-0.15, -0.1) is 0 Å². The minimum Gasteiger partial charge on any atom is -0.288 e. The fourth-order valence-corrected chi connectivity index (χ4v) is 4.46. The largest absolute Gasteiger partial charge is 0.288 e. The lowest BCUT2D eigenvalue weighted by atomic mass is 10.0. The van der Waals surface area contributed by atoms with E-state index in [2.05, 4.69) is 0 Å². The van der Waals surface area contributed by atoms with Crippen molar-refractivity contribution in [2.75, 3.05) is 0 Å². The summed E-state index contributed by atoms with van der Waals surface area (Å²) in [4.78, 5) is 32.1. The molecule has 0 amide bonds. The number of pyridine rings is 2. The predicted molar refractivity (Wildman–Crippen MR) is 118 cm³/mol. The molecule has 2 heterocycles. The van der Waals surface area contributed by atoms with Gasteiger partial charge in [0.25, 0.3) is 5.56 Å². The van der Waals surface area contributed by atoms with Crippen molar-refractivity contribution in [1.82, 2.24) is 9.55 Å². The van der Waals surface area contributed by atoms with Gasteiger partial charge in [-0.2, -0.15) is 0 Å². The first-order valence-electron chi connectivity index (χ1n) is 9.84. The average molecular weight is 388 g/mol. The van der Waals surface area contributed by atoms with Crippen LogP contribution in [0, 0.1) is 6.92 Å². The summed E-state index contributed by atoms with van der Waals surface area (Å²) in [7, 11) is 0. The van der Waals surface area contributed by atoms with E-state index < -0.39 is 0 Å². The van der Waals surface area contributed by atoms with Crippen LogP contribution in [0.2, 0.25) is 0 Å². The van der Waals surface area contributed by atoms with E-state index in [-0.39, 0.29) is 11.3 Å². The lowest BCUT2D eigenvalue weighted by Crippen LogP contribution is -2.22. The van der Waals surface area contributed by atoms with Crippen molar-refractivity contribution in [2.24, 2.45) is 0 Å². The Morgan fingerprint density at radius 1 is 0.767 bits per heavy atom. The molecule has 4 heteroatoms. The molecule has 0 radical (unpaired) electrons. The second kappa shape index (κ2) is 5.97. The van der Waals surface area contributed by atoms with Gasteiger partial charge in [-0.3, -0.25) is 14.2 Å². The first-order valence-corrected chi connectivity index (χ1v) is 9.84. The molecule has 0 saturated carbocycles. The summed E-state index contributed by atoms with van der Waals surface area (Å²) in [6.45, 7) is 1.99. The SMILES string of the molecule is Cc1cccc2cc3c(=O)n(-c4ccccc4)c4c(c3nc12)C(=O)c1ccccc1-4. The van der Waals surface area contributed by atoms with Crippen LogP contribution in [0.4, 0.5) is 0 Å². The molecule has 4 nitrogen and oxygen atoms in total. The van der Waals surface area contributed by atoms with Crippen molar-refractivity contribution in [1.29, 1.82) is 0 Å². The maximum Gasteiger partial charge on any atom is 0.265 e. The maximum absolute atomic E-state index is 13.7.